The van der Waals surface area contributed by atoms with Gasteiger partial charge in [-0.1, -0.05) is 31.7 Å². The van der Waals surface area contributed by atoms with Crippen molar-refractivity contribution in [3.63, 3.8) is 0 Å². The molecule has 1 aromatic heterocycles. The van der Waals surface area contributed by atoms with Crippen molar-refractivity contribution in [3.8, 4) is 0 Å². The second-order valence-corrected chi connectivity index (χ2v) is 5.86. The highest BCUT2D eigenvalue weighted by molar-refractivity contribution is 6.20. The average Bonchev–Trinajstić information content (AvgIpc) is 2.61. The summed E-state index contributed by atoms with van der Waals surface area (Å²) in [7, 11) is 0. The van der Waals surface area contributed by atoms with E-state index in [-0.39, 0.29) is 5.38 Å². The SMILES string of the molecule is Cc1ccc(CC(Cl)C2CCCCCC2)nc1. The normalized spacial score (nSPS) is 19.9. The van der Waals surface area contributed by atoms with E-state index in [4.69, 9.17) is 11.6 Å². The molecule has 94 valence electrons. The van der Waals surface area contributed by atoms with Crippen molar-refractivity contribution in [2.24, 2.45) is 5.92 Å². The Labute approximate surface area is 110 Å². The molecule has 1 aliphatic carbocycles. The quantitative estimate of drug-likeness (QED) is 0.569. The van der Waals surface area contributed by atoms with E-state index >= 15 is 0 Å². The van der Waals surface area contributed by atoms with Crippen LogP contribution in [0.5, 0.6) is 0 Å². The highest BCUT2D eigenvalue weighted by atomic mass is 35.5. The number of hydrogen-bond acceptors (Lipinski definition) is 1. The van der Waals surface area contributed by atoms with Crippen molar-refractivity contribution < 1.29 is 0 Å². The maximum Gasteiger partial charge on any atom is 0.0419 e. The van der Waals surface area contributed by atoms with Crippen LogP contribution in [0.1, 0.15) is 49.8 Å². The van der Waals surface area contributed by atoms with E-state index in [1.165, 1.54) is 44.1 Å². The maximum atomic E-state index is 6.57. The van der Waals surface area contributed by atoms with E-state index in [0.717, 1.165) is 12.1 Å². The third kappa shape index (κ3) is 3.99. The highest BCUT2D eigenvalue weighted by Gasteiger charge is 2.21. The number of nitrogens with zero attached hydrogens (tertiary/aromatic N) is 1. The molecule has 0 N–H and O–H groups in total. The highest BCUT2D eigenvalue weighted by Crippen LogP contribution is 2.29. The minimum atomic E-state index is 0.267. The van der Waals surface area contributed by atoms with Crippen LogP contribution in [0.3, 0.4) is 0 Å². The van der Waals surface area contributed by atoms with Gasteiger partial charge in [-0.05, 0) is 37.3 Å². The molecule has 1 unspecified atom stereocenters. The van der Waals surface area contributed by atoms with Crippen molar-refractivity contribution in [1.82, 2.24) is 4.98 Å². The lowest BCUT2D eigenvalue weighted by atomic mass is 9.93. The predicted octanol–water partition coefficient (Wildman–Crippen LogP) is 4.51. The molecule has 0 aromatic carbocycles. The molecule has 1 aromatic rings. The van der Waals surface area contributed by atoms with Crippen LogP contribution in [0, 0.1) is 12.8 Å². The number of aromatic nitrogens is 1. The van der Waals surface area contributed by atoms with Crippen LogP contribution in [-0.4, -0.2) is 10.4 Å². The zero-order chi connectivity index (χ0) is 12.1. The van der Waals surface area contributed by atoms with Gasteiger partial charge >= 0.3 is 0 Å². The monoisotopic (exact) mass is 251 g/mol. The van der Waals surface area contributed by atoms with Crippen molar-refractivity contribution in [2.45, 2.75) is 57.2 Å². The van der Waals surface area contributed by atoms with E-state index in [2.05, 4.69) is 24.0 Å². The molecule has 1 heterocycles. The van der Waals surface area contributed by atoms with Gasteiger partial charge in [0.1, 0.15) is 0 Å². The smallest absolute Gasteiger partial charge is 0.0419 e. The standard InChI is InChI=1S/C15H22ClN/c1-12-8-9-14(17-11-12)10-15(16)13-6-4-2-3-5-7-13/h8-9,11,13,15H,2-7,10H2,1H3. The molecule has 0 amide bonds. The second-order valence-electron chi connectivity index (χ2n) is 5.30. The molecule has 1 nitrogen and oxygen atoms in total. The first kappa shape index (κ1) is 12.9. The lowest BCUT2D eigenvalue weighted by Gasteiger charge is -2.20. The summed E-state index contributed by atoms with van der Waals surface area (Å²) in [6, 6.07) is 4.24. The zero-order valence-electron chi connectivity index (χ0n) is 10.7. The molecule has 0 spiro atoms. The summed E-state index contributed by atoms with van der Waals surface area (Å²) >= 11 is 6.57. The Morgan fingerprint density at radius 3 is 2.53 bits per heavy atom. The first-order chi connectivity index (χ1) is 8.25. The van der Waals surface area contributed by atoms with Crippen molar-refractivity contribution >= 4 is 11.6 Å². The number of halogens is 1. The molecule has 1 aliphatic rings. The molecule has 0 aliphatic heterocycles. The summed E-state index contributed by atoms with van der Waals surface area (Å²) in [5, 5.41) is 0.267. The van der Waals surface area contributed by atoms with Gasteiger partial charge in [0.05, 0.1) is 0 Å². The lowest BCUT2D eigenvalue weighted by Crippen LogP contribution is -2.17. The van der Waals surface area contributed by atoms with Crippen LogP contribution in [0.2, 0.25) is 0 Å². The first-order valence-corrected chi connectivity index (χ1v) is 7.25. The van der Waals surface area contributed by atoms with Gasteiger partial charge in [0.2, 0.25) is 0 Å². The van der Waals surface area contributed by atoms with Crippen molar-refractivity contribution in [3.05, 3.63) is 29.6 Å². The number of aryl methyl sites for hydroxylation is 1. The number of alkyl halides is 1. The van der Waals surface area contributed by atoms with Gasteiger partial charge in [-0.25, -0.2) is 0 Å². The van der Waals surface area contributed by atoms with E-state index < -0.39 is 0 Å². The maximum absolute atomic E-state index is 6.57. The van der Waals surface area contributed by atoms with E-state index in [0.29, 0.717) is 5.92 Å². The van der Waals surface area contributed by atoms with Crippen molar-refractivity contribution in [2.75, 3.05) is 0 Å². The summed E-state index contributed by atoms with van der Waals surface area (Å²) < 4.78 is 0. The van der Waals surface area contributed by atoms with Gasteiger partial charge in [-0.3, -0.25) is 4.98 Å². The van der Waals surface area contributed by atoms with E-state index in [9.17, 15) is 0 Å². The van der Waals surface area contributed by atoms with Gasteiger partial charge in [-0.2, -0.15) is 0 Å². The van der Waals surface area contributed by atoms with Crippen molar-refractivity contribution in [1.29, 1.82) is 0 Å². The van der Waals surface area contributed by atoms with Crippen LogP contribution < -0.4 is 0 Å². The molecule has 1 fully saturated rings. The summed E-state index contributed by atoms with van der Waals surface area (Å²) in [5.74, 6) is 0.697. The Balaban J connectivity index is 1.90. The largest absolute Gasteiger partial charge is 0.261 e. The third-order valence-electron chi connectivity index (χ3n) is 3.79. The minimum absolute atomic E-state index is 0.267. The zero-order valence-corrected chi connectivity index (χ0v) is 11.4. The van der Waals surface area contributed by atoms with Crippen LogP contribution in [-0.2, 0) is 6.42 Å². The molecule has 17 heavy (non-hydrogen) atoms. The van der Waals surface area contributed by atoms with E-state index in [1.807, 2.05) is 6.20 Å². The first-order valence-electron chi connectivity index (χ1n) is 6.81. The molecule has 1 atom stereocenters. The van der Waals surface area contributed by atoms with E-state index in [1.54, 1.807) is 0 Å². The summed E-state index contributed by atoms with van der Waals surface area (Å²) in [6.45, 7) is 2.07. The van der Waals surface area contributed by atoms with Gasteiger partial charge in [-0.15, -0.1) is 11.6 Å². The molecule has 0 bridgehead atoms. The Bertz CT molecular complexity index is 325. The fourth-order valence-corrected chi connectivity index (χ4v) is 3.07. The van der Waals surface area contributed by atoms with Crippen LogP contribution in [0.25, 0.3) is 0 Å². The molecular formula is C15H22ClN. The minimum Gasteiger partial charge on any atom is -0.261 e. The van der Waals surface area contributed by atoms with Gasteiger partial charge in [0.25, 0.3) is 0 Å². The summed E-state index contributed by atoms with van der Waals surface area (Å²) in [5.41, 5.74) is 2.36. The molecule has 2 rings (SSSR count). The molecular weight excluding hydrogens is 230 g/mol. The van der Waals surface area contributed by atoms with Crippen LogP contribution in [0.4, 0.5) is 0 Å². The predicted molar refractivity (Wildman–Crippen MR) is 73.5 cm³/mol. The Hall–Kier alpha value is -0.560. The van der Waals surface area contributed by atoms with Gasteiger partial charge < -0.3 is 0 Å². The average molecular weight is 252 g/mol. The Kier molecular flexibility index (Phi) is 4.85. The topological polar surface area (TPSA) is 12.9 Å². The molecule has 0 saturated heterocycles. The van der Waals surface area contributed by atoms with Gasteiger partial charge in [0.15, 0.2) is 0 Å². The fraction of sp³-hybridized carbons (Fsp3) is 0.667. The summed E-state index contributed by atoms with van der Waals surface area (Å²) in [4.78, 5) is 4.45. The second kappa shape index (κ2) is 6.39. The molecule has 2 heteroatoms. The molecule has 0 radical (unpaired) electrons. The number of pyridine rings is 1. The fourth-order valence-electron chi connectivity index (χ4n) is 2.66. The number of hydrogen-bond donors (Lipinski definition) is 0. The van der Waals surface area contributed by atoms with Gasteiger partial charge in [0, 0.05) is 23.7 Å². The Morgan fingerprint density at radius 2 is 1.94 bits per heavy atom. The lowest BCUT2D eigenvalue weighted by molar-refractivity contribution is 0.433. The Morgan fingerprint density at radius 1 is 1.24 bits per heavy atom. The van der Waals surface area contributed by atoms with Crippen LogP contribution in [0.15, 0.2) is 18.3 Å². The number of rotatable bonds is 3. The third-order valence-corrected chi connectivity index (χ3v) is 4.30. The summed E-state index contributed by atoms with van der Waals surface area (Å²) in [6.07, 6.45) is 11.0. The molecule has 1 saturated carbocycles. The van der Waals surface area contributed by atoms with Crippen LogP contribution >= 0.6 is 11.6 Å².